The molecule has 8 heteroatoms. The molecule has 1 aliphatic rings. The highest BCUT2D eigenvalue weighted by Crippen LogP contribution is 2.14. The molecule has 0 atom stereocenters. The third kappa shape index (κ3) is 4.85. The first-order valence-electron chi connectivity index (χ1n) is 8.39. The van der Waals surface area contributed by atoms with E-state index in [9.17, 15) is 4.79 Å². The lowest BCUT2D eigenvalue weighted by Crippen LogP contribution is -2.44. The molecule has 0 bridgehead atoms. The molecule has 1 fully saturated rings. The fourth-order valence-electron chi connectivity index (χ4n) is 2.58. The number of amides is 1. The average Bonchev–Trinajstić information content (AvgIpc) is 2.70. The van der Waals surface area contributed by atoms with Gasteiger partial charge in [0.05, 0.1) is 6.20 Å². The number of hydrogen-bond acceptors (Lipinski definition) is 5. The number of likely N-dealkylation sites (tertiary alicyclic amines) is 1. The standard InChI is InChI=1S/C18H20N6O2/c19-17(14-5-2-1-3-6-14)22-23-21-15-8-11-24(12-9-15)18(25)26-16-7-4-10-20-13-16/h1-7,10,13,15H,8-9,11-12H2,(H2,19,21,22). The Labute approximate surface area is 151 Å². The van der Waals surface area contributed by atoms with Crippen LogP contribution in [0.2, 0.25) is 0 Å². The zero-order valence-electron chi connectivity index (χ0n) is 14.2. The molecule has 1 saturated heterocycles. The van der Waals surface area contributed by atoms with Gasteiger partial charge in [-0.3, -0.25) is 15.8 Å². The van der Waals surface area contributed by atoms with E-state index in [2.05, 4.69) is 20.7 Å². The van der Waals surface area contributed by atoms with E-state index in [1.807, 2.05) is 30.3 Å². The zero-order chi connectivity index (χ0) is 18.2. The van der Waals surface area contributed by atoms with Crippen LogP contribution in [-0.2, 0) is 0 Å². The summed E-state index contributed by atoms with van der Waals surface area (Å²) < 4.78 is 5.28. The summed E-state index contributed by atoms with van der Waals surface area (Å²) in [6.45, 7) is 1.14. The summed E-state index contributed by atoms with van der Waals surface area (Å²) in [4.78, 5) is 17.7. The van der Waals surface area contributed by atoms with E-state index in [1.165, 1.54) is 6.20 Å². The third-order valence-corrected chi connectivity index (χ3v) is 4.03. The van der Waals surface area contributed by atoms with Crippen LogP contribution in [0.1, 0.15) is 18.4 Å². The topological polar surface area (TPSA) is 103 Å². The van der Waals surface area contributed by atoms with Crippen molar-refractivity contribution in [2.45, 2.75) is 18.9 Å². The van der Waals surface area contributed by atoms with Gasteiger partial charge < -0.3 is 9.64 Å². The van der Waals surface area contributed by atoms with Gasteiger partial charge in [-0.25, -0.2) is 4.79 Å². The highest BCUT2D eigenvalue weighted by Gasteiger charge is 2.24. The van der Waals surface area contributed by atoms with Crippen molar-refractivity contribution in [3.8, 4) is 5.75 Å². The van der Waals surface area contributed by atoms with Crippen LogP contribution in [0.4, 0.5) is 4.79 Å². The van der Waals surface area contributed by atoms with Gasteiger partial charge in [0, 0.05) is 30.9 Å². The summed E-state index contributed by atoms with van der Waals surface area (Å²) in [5.74, 6) is 0.543. The molecule has 2 aromatic rings. The van der Waals surface area contributed by atoms with Gasteiger partial charge in [0.25, 0.3) is 0 Å². The summed E-state index contributed by atoms with van der Waals surface area (Å²) in [6.07, 6.45) is 4.23. The van der Waals surface area contributed by atoms with Gasteiger partial charge in [-0.1, -0.05) is 35.6 Å². The molecular weight excluding hydrogens is 332 g/mol. The highest BCUT2D eigenvalue weighted by molar-refractivity contribution is 5.96. The van der Waals surface area contributed by atoms with Gasteiger partial charge in [0.1, 0.15) is 0 Å². The molecule has 3 rings (SSSR count). The van der Waals surface area contributed by atoms with Crippen molar-refractivity contribution in [2.24, 2.45) is 10.3 Å². The maximum atomic E-state index is 12.1. The van der Waals surface area contributed by atoms with Gasteiger partial charge in [0.2, 0.25) is 0 Å². The molecule has 134 valence electrons. The predicted octanol–water partition coefficient (Wildman–Crippen LogP) is 3.03. The van der Waals surface area contributed by atoms with Gasteiger partial charge in [-0.2, -0.15) is 0 Å². The summed E-state index contributed by atoms with van der Waals surface area (Å²) >= 11 is 0. The van der Waals surface area contributed by atoms with Gasteiger partial charge in [-0.05, 0) is 25.0 Å². The maximum absolute atomic E-state index is 12.1. The van der Waals surface area contributed by atoms with E-state index in [0.717, 1.165) is 12.8 Å². The number of amidine groups is 1. The molecule has 1 aromatic carbocycles. The van der Waals surface area contributed by atoms with Crippen LogP contribution < -0.4 is 10.2 Å². The molecule has 1 aliphatic heterocycles. The molecular formula is C18H20N6O2. The number of carbonyl (C=O) groups excluding carboxylic acids is 1. The Morgan fingerprint density at radius 2 is 1.96 bits per heavy atom. The fourth-order valence-corrected chi connectivity index (χ4v) is 2.58. The predicted molar refractivity (Wildman–Crippen MR) is 96.1 cm³/mol. The van der Waals surface area contributed by atoms with Crippen molar-refractivity contribution in [3.05, 3.63) is 60.4 Å². The van der Waals surface area contributed by atoms with Crippen LogP contribution in [-0.4, -0.2) is 40.9 Å². The first-order valence-corrected chi connectivity index (χ1v) is 8.39. The quantitative estimate of drug-likeness (QED) is 0.382. The minimum absolute atomic E-state index is 0.107. The van der Waals surface area contributed by atoms with Crippen LogP contribution in [0, 0.1) is 5.41 Å². The van der Waals surface area contributed by atoms with E-state index in [-0.39, 0.29) is 18.0 Å². The molecule has 1 aromatic heterocycles. The number of benzene rings is 1. The van der Waals surface area contributed by atoms with Crippen LogP contribution in [0.25, 0.3) is 0 Å². The number of rotatable bonds is 4. The second kappa shape index (κ2) is 8.70. The Kier molecular flexibility index (Phi) is 5.87. The van der Waals surface area contributed by atoms with Gasteiger partial charge >= 0.3 is 6.09 Å². The average molecular weight is 352 g/mol. The van der Waals surface area contributed by atoms with Gasteiger partial charge in [0.15, 0.2) is 11.6 Å². The highest BCUT2D eigenvalue weighted by atomic mass is 16.6. The number of piperidine rings is 1. The van der Waals surface area contributed by atoms with Crippen LogP contribution in [0.3, 0.4) is 0 Å². The molecule has 2 N–H and O–H groups in total. The summed E-state index contributed by atoms with van der Waals surface area (Å²) in [6, 6.07) is 12.8. The number of pyridine rings is 1. The Morgan fingerprint density at radius 3 is 2.65 bits per heavy atom. The molecule has 26 heavy (non-hydrogen) atoms. The Hall–Kier alpha value is -3.29. The van der Waals surface area contributed by atoms with Crippen molar-refractivity contribution in [2.75, 3.05) is 13.1 Å². The molecule has 0 unspecified atom stereocenters. The monoisotopic (exact) mass is 352 g/mol. The molecule has 0 aliphatic carbocycles. The van der Waals surface area contributed by atoms with Crippen molar-refractivity contribution in [3.63, 3.8) is 0 Å². The zero-order valence-corrected chi connectivity index (χ0v) is 14.2. The van der Waals surface area contributed by atoms with E-state index >= 15 is 0 Å². The van der Waals surface area contributed by atoms with E-state index in [4.69, 9.17) is 10.1 Å². The molecule has 8 nitrogen and oxygen atoms in total. The first kappa shape index (κ1) is 17.5. The van der Waals surface area contributed by atoms with Crippen LogP contribution in [0.15, 0.2) is 65.2 Å². The number of nitrogens with one attached hydrogen (secondary N) is 2. The minimum Gasteiger partial charge on any atom is -0.409 e. The number of ether oxygens (including phenoxy) is 1. The fraction of sp³-hybridized carbons (Fsp3) is 0.278. The Bertz CT molecular complexity index is 758. The molecule has 0 saturated carbocycles. The van der Waals surface area contributed by atoms with Crippen LogP contribution >= 0.6 is 0 Å². The molecule has 1 amide bonds. The van der Waals surface area contributed by atoms with Crippen molar-refractivity contribution >= 4 is 11.9 Å². The molecule has 0 spiro atoms. The number of carbonyl (C=O) groups is 1. The second-order valence-electron chi connectivity index (χ2n) is 5.86. The summed E-state index contributed by atoms with van der Waals surface area (Å²) in [7, 11) is 0. The largest absolute Gasteiger partial charge is 0.415 e. The van der Waals surface area contributed by atoms with E-state index in [0.29, 0.717) is 24.4 Å². The normalized spacial score (nSPS) is 15.0. The number of nitrogens with zero attached hydrogens (tertiary/aromatic N) is 4. The lowest BCUT2D eigenvalue weighted by Gasteiger charge is -2.30. The van der Waals surface area contributed by atoms with E-state index < -0.39 is 0 Å². The van der Waals surface area contributed by atoms with Crippen molar-refractivity contribution < 1.29 is 9.53 Å². The first-order chi connectivity index (χ1) is 12.7. The van der Waals surface area contributed by atoms with Crippen LogP contribution in [0.5, 0.6) is 5.75 Å². The smallest absolute Gasteiger partial charge is 0.409 e. The lowest BCUT2D eigenvalue weighted by molar-refractivity contribution is 0.135. The van der Waals surface area contributed by atoms with Crippen molar-refractivity contribution in [1.29, 1.82) is 5.41 Å². The van der Waals surface area contributed by atoms with Gasteiger partial charge in [-0.15, -0.1) is 5.11 Å². The Morgan fingerprint density at radius 1 is 1.19 bits per heavy atom. The lowest BCUT2D eigenvalue weighted by atomic mass is 10.1. The minimum atomic E-state index is -0.371. The molecule has 0 radical (unpaired) electrons. The maximum Gasteiger partial charge on any atom is 0.415 e. The third-order valence-electron chi connectivity index (χ3n) is 4.03. The SMILES string of the molecule is N=C(/N=N\NC1CCN(C(=O)Oc2cccnc2)CC1)c1ccccc1. The molecule has 2 heterocycles. The van der Waals surface area contributed by atoms with E-state index in [1.54, 1.807) is 23.2 Å². The number of hydrogen-bond donors (Lipinski definition) is 2. The summed E-state index contributed by atoms with van der Waals surface area (Å²) in [5.41, 5.74) is 3.67. The van der Waals surface area contributed by atoms with Crippen molar-refractivity contribution in [1.82, 2.24) is 15.3 Å². The second-order valence-corrected chi connectivity index (χ2v) is 5.86. The summed E-state index contributed by atoms with van der Waals surface area (Å²) in [5, 5.41) is 15.7. The Balaban J connectivity index is 1.42. The number of aromatic nitrogens is 1.